The highest BCUT2D eigenvalue weighted by atomic mass is 19.1. The van der Waals surface area contributed by atoms with Crippen LogP contribution in [0.25, 0.3) is 11.0 Å². The minimum absolute atomic E-state index is 0.0549. The number of piperidine rings is 1. The number of carboxylic acids is 1. The Morgan fingerprint density at radius 2 is 1.80 bits per heavy atom. The molecule has 13 heteroatoms. The Labute approximate surface area is 262 Å². The van der Waals surface area contributed by atoms with Crippen LogP contribution in [0.2, 0.25) is 0 Å². The van der Waals surface area contributed by atoms with Gasteiger partial charge in [0.15, 0.2) is 17.4 Å². The van der Waals surface area contributed by atoms with Crippen molar-refractivity contribution in [1.82, 2.24) is 19.4 Å². The van der Waals surface area contributed by atoms with E-state index in [-0.39, 0.29) is 52.1 Å². The maximum absolute atomic E-state index is 15.0. The molecule has 4 aromatic rings. The first-order valence-corrected chi connectivity index (χ1v) is 14.8. The summed E-state index contributed by atoms with van der Waals surface area (Å²) in [7, 11) is 0. The first-order valence-electron chi connectivity index (χ1n) is 14.8. The number of ether oxygens (including phenoxy) is 2. The highest BCUT2D eigenvalue weighted by Crippen LogP contribution is 2.50. The number of nitrogens with zero attached hydrogens (tertiary/aromatic N) is 6. The van der Waals surface area contributed by atoms with Gasteiger partial charge in [0.1, 0.15) is 35.6 Å². The minimum atomic E-state index is -1.23. The van der Waals surface area contributed by atoms with E-state index in [0.717, 1.165) is 25.0 Å². The van der Waals surface area contributed by atoms with Gasteiger partial charge >= 0.3 is 5.97 Å². The molecule has 0 atom stereocenters. The lowest BCUT2D eigenvalue weighted by Gasteiger charge is -2.32. The zero-order chi connectivity index (χ0) is 32.4. The third-order valence-electron chi connectivity index (χ3n) is 8.54. The number of hydrogen-bond acceptors (Lipinski definition) is 8. The molecule has 1 aliphatic carbocycles. The number of carbonyl (C=O) groups is 1. The number of carboxylic acid groups (broad SMARTS) is 1. The van der Waals surface area contributed by atoms with E-state index in [4.69, 9.17) is 14.7 Å². The molecule has 1 saturated carbocycles. The smallest absolute Gasteiger partial charge is 0.335 e. The lowest BCUT2D eigenvalue weighted by Crippen LogP contribution is -2.38. The molecule has 2 fully saturated rings. The van der Waals surface area contributed by atoms with Gasteiger partial charge in [-0.2, -0.15) is 10.5 Å². The molecule has 0 bridgehead atoms. The van der Waals surface area contributed by atoms with Crippen molar-refractivity contribution in [2.45, 2.75) is 57.9 Å². The molecule has 2 aliphatic rings. The van der Waals surface area contributed by atoms with Crippen molar-refractivity contribution in [3.63, 3.8) is 0 Å². The molecule has 0 spiro atoms. The van der Waals surface area contributed by atoms with Gasteiger partial charge in [-0.05, 0) is 62.1 Å². The average molecular weight is 631 g/mol. The molecule has 0 radical (unpaired) electrons. The van der Waals surface area contributed by atoms with Gasteiger partial charge in [0.25, 0.3) is 0 Å². The fourth-order valence-electron chi connectivity index (χ4n) is 5.74. The number of nitriles is 2. The third kappa shape index (κ3) is 6.60. The number of likely N-dealkylation sites (tertiary alicyclic amines) is 1. The summed E-state index contributed by atoms with van der Waals surface area (Å²) in [5.41, 5.74) is 0.205. The van der Waals surface area contributed by atoms with Crippen LogP contribution in [0, 0.1) is 45.5 Å². The van der Waals surface area contributed by atoms with E-state index in [1.807, 2.05) is 10.6 Å². The molecular formula is C33H29F3N6O4. The first kappa shape index (κ1) is 30.9. The van der Waals surface area contributed by atoms with Crippen LogP contribution in [-0.4, -0.2) is 49.7 Å². The van der Waals surface area contributed by atoms with Crippen LogP contribution in [0.1, 0.15) is 59.5 Å². The zero-order valence-corrected chi connectivity index (χ0v) is 24.7. The predicted molar refractivity (Wildman–Crippen MR) is 157 cm³/mol. The Bertz CT molecular complexity index is 1890. The molecule has 2 aromatic heterocycles. The average Bonchev–Trinajstić information content (AvgIpc) is 3.72. The summed E-state index contributed by atoms with van der Waals surface area (Å²) in [5.74, 6) is -2.63. The molecule has 1 N–H and O–H groups in total. The molecule has 1 saturated heterocycles. The van der Waals surface area contributed by atoms with Gasteiger partial charge in [-0.1, -0.05) is 0 Å². The Kier molecular flexibility index (Phi) is 8.52. The zero-order valence-electron chi connectivity index (χ0n) is 24.7. The van der Waals surface area contributed by atoms with E-state index in [9.17, 15) is 28.3 Å². The number of halogens is 3. The molecule has 2 aromatic carbocycles. The number of aromatic carboxylic acids is 1. The number of pyridine rings is 1. The van der Waals surface area contributed by atoms with Crippen LogP contribution in [0.5, 0.6) is 11.6 Å². The summed E-state index contributed by atoms with van der Waals surface area (Å²) >= 11 is 0. The standard InChI is InChI=1S/C33H29F3N6O4/c34-23-2-4-30(39-26(23)18-45-28-3-1-20(16-38)13-24(28)35)46-22-5-11-41(12-6-22)17-29-40-31-25(36)14-21(32(43)44)15-27(31)42(29)19-33(7-8-33)9-10-37/h1-4,13-15,22H,5-9,11-12,17-19H2,(H,43,44). The molecule has 0 unspecified atom stereocenters. The van der Waals surface area contributed by atoms with Crippen molar-refractivity contribution >= 4 is 17.0 Å². The van der Waals surface area contributed by atoms with Crippen molar-refractivity contribution in [3.05, 3.63) is 82.6 Å². The Morgan fingerprint density at radius 1 is 1.02 bits per heavy atom. The highest BCUT2D eigenvalue weighted by molar-refractivity contribution is 5.92. The van der Waals surface area contributed by atoms with E-state index >= 15 is 0 Å². The topological polar surface area (TPSA) is 137 Å². The second-order valence-electron chi connectivity index (χ2n) is 11.8. The highest BCUT2D eigenvalue weighted by Gasteiger charge is 2.43. The molecular weight excluding hydrogens is 601 g/mol. The summed E-state index contributed by atoms with van der Waals surface area (Å²) in [4.78, 5) is 22.6. The quantitative estimate of drug-likeness (QED) is 0.220. The lowest BCUT2D eigenvalue weighted by molar-refractivity contribution is 0.0696. The van der Waals surface area contributed by atoms with Crippen molar-refractivity contribution in [2.75, 3.05) is 13.1 Å². The minimum Gasteiger partial charge on any atom is -0.484 e. The van der Waals surface area contributed by atoms with E-state index in [1.165, 1.54) is 30.3 Å². The number of fused-ring (bicyclic) bond motifs is 1. The van der Waals surface area contributed by atoms with Crippen LogP contribution in [0.15, 0.2) is 42.5 Å². The number of hydrogen-bond donors (Lipinski definition) is 1. The molecule has 3 heterocycles. The van der Waals surface area contributed by atoms with E-state index in [2.05, 4.69) is 20.9 Å². The lowest BCUT2D eigenvalue weighted by atomic mass is 10.0. The Morgan fingerprint density at radius 3 is 2.48 bits per heavy atom. The molecule has 46 heavy (non-hydrogen) atoms. The summed E-state index contributed by atoms with van der Waals surface area (Å²) in [5, 5.41) is 27.7. The molecule has 6 rings (SSSR count). The maximum Gasteiger partial charge on any atom is 0.335 e. The largest absolute Gasteiger partial charge is 0.484 e. The predicted octanol–water partition coefficient (Wildman–Crippen LogP) is 5.73. The van der Waals surface area contributed by atoms with Crippen LogP contribution < -0.4 is 9.47 Å². The number of rotatable bonds is 11. The third-order valence-corrected chi connectivity index (χ3v) is 8.54. The SMILES string of the molecule is N#CCC1(Cn2c(CN3CCC(Oc4ccc(F)c(COc5ccc(C#N)cc5F)n4)CC3)nc3c(F)cc(C(=O)O)cc32)CC1. The normalized spacial score (nSPS) is 16.1. The van der Waals surface area contributed by atoms with Crippen molar-refractivity contribution in [3.8, 4) is 23.8 Å². The fraction of sp³-hybridized carbons (Fsp3) is 0.364. The Hall–Kier alpha value is -5.14. The van der Waals surface area contributed by atoms with Crippen LogP contribution in [-0.2, 0) is 19.7 Å². The number of benzene rings is 2. The summed E-state index contributed by atoms with van der Waals surface area (Å²) in [6, 6.07) is 12.9. The summed E-state index contributed by atoms with van der Waals surface area (Å²) < 4.78 is 56.9. The second-order valence-corrected chi connectivity index (χ2v) is 11.8. The monoisotopic (exact) mass is 630 g/mol. The molecule has 0 amide bonds. The van der Waals surface area contributed by atoms with E-state index in [1.54, 1.807) is 0 Å². The molecule has 236 valence electrons. The summed E-state index contributed by atoms with van der Waals surface area (Å²) in [6.07, 6.45) is 3.11. The number of aromatic nitrogens is 3. The van der Waals surface area contributed by atoms with E-state index in [0.29, 0.717) is 56.8 Å². The molecule has 1 aliphatic heterocycles. The second kappa shape index (κ2) is 12.7. The van der Waals surface area contributed by atoms with Gasteiger partial charge in [-0.25, -0.2) is 27.9 Å². The number of imidazole rings is 1. The summed E-state index contributed by atoms with van der Waals surface area (Å²) in [6.45, 7) is 1.75. The van der Waals surface area contributed by atoms with Crippen LogP contribution >= 0.6 is 0 Å². The van der Waals surface area contributed by atoms with Crippen molar-refractivity contribution < 1.29 is 32.5 Å². The van der Waals surface area contributed by atoms with Gasteiger partial charge in [0.2, 0.25) is 5.88 Å². The van der Waals surface area contributed by atoms with Gasteiger partial charge < -0.3 is 19.1 Å². The van der Waals surface area contributed by atoms with Crippen molar-refractivity contribution in [1.29, 1.82) is 10.5 Å². The van der Waals surface area contributed by atoms with E-state index < -0.39 is 23.4 Å². The first-order chi connectivity index (χ1) is 22.2. The van der Waals surface area contributed by atoms with Gasteiger partial charge in [0.05, 0.1) is 35.3 Å². The van der Waals surface area contributed by atoms with Crippen molar-refractivity contribution in [2.24, 2.45) is 5.41 Å². The maximum atomic E-state index is 15.0. The van der Waals surface area contributed by atoms with Crippen LogP contribution in [0.3, 0.4) is 0 Å². The van der Waals surface area contributed by atoms with Gasteiger partial charge in [-0.3, -0.25) is 4.90 Å². The molecule has 10 nitrogen and oxygen atoms in total. The van der Waals surface area contributed by atoms with Gasteiger partial charge in [0, 0.05) is 37.5 Å². The Balaban J connectivity index is 1.11. The van der Waals surface area contributed by atoms with Gasteiger partial charge in [-0.15, -0.1) is 0 Å². The fourth-order valence-corrected chi connectivity index (χ4v) is 5.74. The van der Waals surface area contributed by atoms with Crippen LogP contribution in [0.4, 0.5) is 13.2 Å².